The number of nitrogens with one attached hydrogen (secondary N) is 1. The zero-order valence-corrected chi connectivity index (χ0v) is 7.96. The van der Waals surface area contributed by atoms with E-state index < -0.39 is 0 Å². The van der Waals surface area contributed by atoms with Crippen molar-refractivity contribution >= 4 is 11.6 Å². The Bertz CT molecular complexity index is 347. The first kappa shape index (κ1) is 9.19. The van der Waals surface area contributed by atoms with Crippen LogP contribution in [0.25, 0.3) is 0 Å². The molecule has 1 saturated carbocycles. The molecule has 3 heteroatoms. The summed E-state index contributed by atoms with van der Waals surface area (Å²) in [5.74, 6) is 0.405. The molecule has 1 N–H and O–H groups in total. The topological polar surface area (TPSA) is 29.1 Å². The maximum atomic E-state index is 12.5. The Morgan fingerprint density at radius 3 is 2.50 bits per heavy atom. The molecule has 2 nitrogen and oxygen atoms in total. The molecule has 74 valence electrons. The largest absolute Gasteiger partial charge is 0.326 e. The van der Waals surface area contributed by atoms with Crippen molar-refractivity contribution in [2.45, 2.75) is 13.3 Å². The minimum absolute atomic E-state index is 0.0455. The van der Waals surface area contributed by atoms with E-state index in [0.717, 1.165) is 6.42 Å². The Kier molecular flexibility index (Phi) is 2.23. The van der Waals surface area contributed by atoms with Gasteiger partial charge in [0.1, 0.15) is 5.82 Å². The van der Waals surface area contributed by atoms with Crippen LogP contribution >= 0.6 is 0 Å². The summed E-state index contributed by atoms with van der Waals surface area (Å²) >= 11 is 0. The van der Waals surface area contributed by atoms with Gasteiger partial charge in [0.25, 0.3) is 0 Å². The maximum absolute atomic E-state index is 12.5. The third kappa shape index (κ3) is 1.92. The van der Waals surface area contributed by atoms with Gasteiger partial charge in [-0.1, -0.05) is 6.92 Å². The molecule has 1 aliphatic rings. The van der Waals surface area contributed by atoms with Gasteiger partial charge in [0.05, 0.1) is 0 Å². The third-order valence-corrected chi connectivity index (χ3v) is 2.56. The minimum atomic E-state index is -0.289. The number of rotatable bonds is 2. The van der Waals surface area contributed by atoms with Crippen molar-refractivity contribution in [1.82, 2.24) is 0 Å². The molecule has 0 bridgehead atoms. The van der Waals surface area contributed by atoms with Crippen LogP contribution in [0.2, 0.25) is 0 Å². The molecule has 0 saturated heterocycles. The number of anilines is 1. The van der Waals surface area contributed by atoms with Crippen molar-refractivity contribution in [2.75, 3.05) is 5.32 Å². The molecule has 1 aromatic rings. The van der Waals surface area contributed by atoms with Gasteiger partial charge in [-0.25, -0.2) is 4.39 Å². The van der Waals surface area contributed by atoms with E-state index in [9.17, 15) is 9.18 Å². The predicted octanol–water partition coefficient (Wildman–Crippen LogP) is 2.42. The fourth-order valence-electron chi connectivity index (χ4n) is 1.46. The lowest BCUT2D eigenvalue weighted by atomic mass is 10.2. The molecule has 0 spiro atoms. The van der Waals surface area contributed by atoms with Crippen LogP contribution in [0.3, 0.4) is 0 Å². The molecule has 0 aliphatic heterocycles. The highest BCUT2D eigenvalue weighted by Crippen LogP contribution is 2.38. The summed E-state index contributed by atoms with van der Waals surface area (Å²) in [6, 6.07) is 5.82. The van der Waals surface area contributed by atoms with Gasteiger partial charge in [0.15, 0.2) is 0 Å². The molecule has 2 unspecified atom stereocenters. The number of benzene rings is 1. The van der Waals surface area contributed by atoms with Crippen LogP contribution in [0.1, 0.15) is 13.3 Å². The number of amides is 1. The molecule has 1 aliphatic carbocycles. The quantitative estimate of drug-likeness (QED) is 0.767. The second-order valence-corrected chi connectivity index (χ2v) is 3.82. The van der Waals surface area contributed by atoms with Gasteiger partial charge in [0.2, 0.25) is 5.91 Å². The second-order valence-electron chi connectivity index (χ2n) is 3.82. The molecular formula is C11H12FNO. The summed E-state index contributed by atoms with van der Waals surface area (Å²) in [4.78, 5) is 11.5. The normalized spacial score (nSPS) is 24.4. The lowest BCUT2D eigenvalue weighted by molar-refractivity contribution is -0.117. The van der Waals surface area contributed by atoms with E-state index in [4.69, 9.17) is 0 Å². The zero-order chi connectivity index (χ0) is 10.1. The van der Waals surface area contributed by atoms with Gasteiger partial charge in [-0.05, 0) is 36.6 Å². The lowest BCUT2D eigenvalue weighted by Crippen LogP contribution is -2.14. The van der Waals surface area contributed by atoms with E-state index >= 15 is 0 Å². The number of carbonyl (C=O) groups excluding carboxylic acids is 1. The first-order chi connectivity index (χ1) is 6.66. The van der Waals surface area contributed by atoms with Crippen molar-refractivity contribution in [2.24, 2.45) is 11.8 Å². The zero-order valence-electron chi connectivity index (χ0n) is 7.96. The highest BCUT2D eigenvalue weighted by molar-refractivity contribution is 5.94. The van der Waals surface area contributed by atoms with Crippen molar-refractivity contribution in [3.63, 3.8) is 0 Å². The van der Waals surface area contributed by atoms with E-state index in [-0.39, 0.29) is 17.6 Å². The summed E-state index contributed by atoms with van der Waals surface area (Å²) in [7, 11) is 0. The van der Waals surface area contributed by atoms with Gasteiger partial charge in [-0.3, -0.25) is 4.79 Å². The third-order valence-electron chi connectivity index (χ3n) is 2.56. The van der Waals surface area contributed by atoms with E-state index in [0.29, 0.717) is 11.6 Å². The summed E-state index contributed by atoms with van der Waals surface area (Å²) in [5, 5.41) is 2.76. The Hall–Kier alpha value is -1.38. The van der Waals surface area contributed by atoms with Crippen molar-refractivity contribution in [3.8, 4) is 0 Å². The van der Waals surface area contributed by atoms with Gasteiger partial charge in [-0.15, -0.1) is 0 Å². The van der Waals surface area contributed by atoms with Crippen LogP contribution in [0.15, 0.2) is 24.3 Å². The van der Waals surface area contributed by atoms with Crippen LogP contribution in [0.5, 0.6) is 0 Å². The van der Waals surface area contributed by atoms with Gasteiger partial charge < -0.3 is 5.32 Å². The monoisotopic (exact) mass is 193 g/mol. The van der Waals surface area contributed by atoms with Gasteiger partial charge in [-0.2, -0.15) is 0 Å². The predicted molar refractivity (Wildman–Crippen MR) is 52.3 cm³/mol. The highest BCUT2D eigenvalue weighted by atomic mass is 19.1. The Labute approximate surface area is 82.1 Å². The van der Waals surface area contributed by atoms with E-state index in [1.807, 2.05) is 0 Å². The van der Waals surface area contributed by atoms with Crippen LogP contribution < -0.4 is 5.32 Å². The van der Waals surface area contributed by atoms with Crippen LogP contribution in [-0.4, -0.2) is 5.91 Å². The van der Waals surface area contributed by atoms with Crippen LogP contribution in [0, 0.1) is 17.7 Å². The summed E-state index contributed by atoms with van der Waals surface area (Å²) in [6.07, 6.45) is 0.965. The van der Waals surface area contributed by atoms with Crippen LogP contribution in [0.4, 0.5) is 10.1 Å². The molecule has 1 fully saturated rings. The Morgan fingerprint density at radius 2 is 2.00 bits per heavy atom. The molecule has 2 rings (SSSR count). The molecule has 2 atom stereocenters. The van der Waals surface area contributed by atoms with Gasteiger partial charge >= 0.3 is 0 Å². The average Bonchev–Trinajstić information content (AvgIpc) is 2.87. The molecule has 1 aromatic carbocycles. The van der Waals surface area contributed by atoms with Crippen LogP contribution in [-0.2, 0) is 4.79 Å². The number of hydrogen-bond donors (Lipinski definition) is 1. The van der Waals surface area contributed by atoms with E-state index in [1.54, 1.807) is 12.1 Å². The van der Waals surface area contributed by atoms with Crippen molar-refractivity contribution in [1.29, 1.82) is 0 Å². The molecule has 0 radical (unpaired) electrons. The molecule has 1 amide bonds. The summed E-state index contributed by atoms with van der Waals surface area (Å²) < 4.78 is 12.5. The number of halogens is 1. The smallest absolute Gasteiger partial charge is 0.227 e. The first-order valence-corrected chi connectivity index (χ1v) is 4.73. The summed E-state index contributed by atoms with van der Waals surface area (Å²) in [5.41, 5.74) is 0.663. The SMILES string of the molecule is CC1CC1C(=O)Nc1ccc(F)cc1. The summed E-state index contributed by atoms with van der Waals surface area (Å²) in [6.45, 7) is 2.05. The van der Waals surface area contributed by atoms with Crippen molar-refractivity contribution < 1.29 is 9.18 Å². The second kappa shape index (κ2) is 3.40. The average molecular weight is 193 g/mol. The van der Waals surface area contributed by atoms with Crippen molar-refractivity contribution in [3.05, 3.63) is 30.1 Å². The molecule has 0 aromatic heterocycles. The minimum Gasteiger partial charge on any atom is -0.326 e. The number of carbonyl (C=O) groups is 1. The number of hydrogen-bond acceptors (Lipinski definition) is 1. The fourth-order valence-corrected chi connectivity index (χ4v) is 1.46. The molecular weight excluding hydrogens is 181 g/mol. The Balaban J connectivity index is 1.97. The highest BCUT2D eigenvalue weighted by Gasteiger charge is 2.38. The Morgan fingerprint density at radius 1 is 1.43 bits per heavy atom. The van der Waals surface area contributed by atoms with Gasteiger partial charge in [0, 0.05) is 11.6 Å². The molecule has 0 heterocycles. The van der Waals surface area contributed by atoms with E-state index in [1.165, 1.54) is 12.1 Å². The lowest BCUT2D eigenvalue weighted by Gasteiger charge is -2.03. The van der Waals surface area contributed by atoms with E-state index in [2.05, 4.69) is 12.2 Å². The fraction of sp³-hybridized carbons (Fsp3) is 0.364. The maximum Gasteiger partial charge on any atom is 0.227 e. The standard InChI is InChI=1S/C11H12FNO/c1-7-6-10(7)11(14)13-9-4-2-8(12)3-5-9/h2-5,7,10H,6H2,1H3,(H,13,14). The molecule has 14 heavy (non-hydrogen) atoms. The first-order valence-electron chi connectivity index (χ1n) is 4.73.